The van der Waals surface area contributed by atoms with Crippen LogP contribution in [-0.4, -0.2) is 75.5 Å². The van der Waals surface area contributed by atoms with Crippen molar-refractivity contribution in [2.45, 2.75) is 37.4 Å². The molecule has 0 aliphatic carbocycles. The Balaban J connectivity index is 2.06. The van der Waals surface area contributed by atoms with E-state index in [0.717, 1.165) is 30.4 Å². The van der Waals surface area contributed by atoms with E-state index in [0.29, 0.717) is 24.6 Å². The van der Waals surface area contributed by atoms with Crippen molar-refractivity contribution in [3.05, 3.63) is 0 Å². The Labute approximate surface area is 149 Å². The summed E-state index contributed by atoms with van der Waals surface area (Å²) in [6.45, 7) is 2.50. The molecule has 2 atom stereocenters. The van der Waals surface area contributed by atoms with Gasteiger partial charge in [0, 0.05) is 42.6 Å². The lowest BCUT2D eigenvalue weighted by molar-refractivity contribution is -0.890. The minimum Gasteiger partial charge on any atom is -0.356 e. The zero-order chi connectivity index (χ0) is 17.3. The Kier molecular flexibility index (Phi) is 9.36. The number of carbonyl (C=O) groups is 1. The van der Waals surface area contributed by atoms with Crippen LogP contribution in [0.15, 0.2) is 0 Å². The summed E-state index contributed by atoms with van der Waals surface area (Å²) in [7, 11) is 5.18. The van der Waals surface area contributed by atoms with E-state index in [4.69, 9.17) is 0 Å². The molecule has 0 aromatic rings. The highest BCUT2D eigenvalue weighted by atomic mass is 33.1. The van der Waals surface area contributed by atoms with Crippen molar-refractivity contribution in [2.24, 2.45) is 0 Å². The van der Waals surface area contributed by atoms with Gasteiger partial charge >= 0.3 is 0 Å². The van der Waals surface area contributed by atoms with Gasteiger partial charge in [-0.3, -0.25) is 4.79 Å². The van der Waals surface area contributed by atoms with Crippen molar-refractivity contribution in [3.63, 3.8) is 0 Å². The maximum atomic E-state index is 11.8. The van der Waals surface area contributed by atoms with E-state index < -0.39 is 9.80 Å². The molecule has 1 aliphatic rings. The summed E-state index contributed by atoms with van der Waals surface area (Å²) in [6, 6.07) is 0. The fourth-order valence-corrected chi connectivity index (χ4v) is 6.07. The molecule has 0 spiro atoms. The lowest BCUT2D eigenvalue weighted by atomic mass is 10.2. The van der Waals surface area contributed by atoms with E-state index in [1.807, 2.05) is 21.6 Å². The summed E-state index contributed by atoms with van der Waals surface area (Å²) in [5, 5.41) is 3.65. The number of hydrogen-bond acceptors (Lipinski definition) is 4. The molecule has 0 aromatic heterocycles. The summed E-state index contributed by atoms with van der Waals surface area (Å²) in [6.07, 6.45) is 4.45. The average molecular weight is 384 g/mol. The Morgan fingerprint density at radius 2 is 2.09 bits per heavy atom. The zero-order valence-electron chi connectivity index (χ0n) is 14.3. The highest BCUT2D eigenvalue weighted by Crippen LogP contribution is 2.39. The summed E-state index contributed by atoms with van der Waals surface area (Å²) >= 11 is 0. The average Bonchev–Trinajstić information content (AvgIpc) is 2.93. The second kappa shape index (κ2) is 10.2. The molecular formula is C15H31N2O3S3+. The van der Waals surface area contributed by atoms with Crippen LogP contribution in [0.5, 0.6) is 0 Å². The molecule has 0 saturated carbocycles. The molecule has 1 rings (SSSR count). The molecule has 1 heterocycles. The minimum absolute atomic E-state index is 0.157. The predicted octanol–water partition coefficient (Wildman–Crippen LogP) is 2.08. The number of hydrogen-bond donors (Lipinski definition) is 2. The molecule has 1 saturated heterocycles. The maximum Gasteiger partial charge on any atom is 0.220 e. The maximum absolute atomic E-state index is 11.8. The fourth-order valence-electron chi connectivity index (χ4n) is 2.51. The van der Waals surface area contributed by atoms with E-state index in [1.165, 1.54) is 12.2 Å². The van der Waals surface area contributed by atoms with Gasteiger partial charge in [-0.05, 0) is 18.7 Å². The number of amides is 1. The number of carbonyl (C=O) groups excluding carboxylic acids is 1. The van der Waals surface area contributed by atoms with Crippen LogP contribution in [0.3, 0.4) is 0 Å². The first-order valence-electron chi connectivity index (χ1n) is 8.12. The normalized spacial score (nSPS) is 21.1. The first-order valence-corrected chi connectivity index (χ1v) is 12.4. The molecule has 136 valence electrons. The van der Waals surface area contributed by atoms with E-state index >= 15 is 0 Å². The Bertz CT molecular complexity index is 461. The van der Waals surface area contributed by atoms with Crippen LogP contribution in [0.1, 0.15) is 32.1 Å². The monoisotopic (exact) mass is 383 g/mol. The molecular weight excluding hydrogens is 352 g/mol. The van der Waals surface area contributed by atoms with Gasteiger partial charge in [-0.25, -0.2) is 4.21 Å². The van der Waals surface area contributed by atoms with Crippen LogP contribution in [-0.2, 0) is 14.6 Å². The lowest BCUT2D eigenvalue weighted by Crippen LogP contribution is -2.43. The van der Waals surface area contributed by atoms with Gasteiger partial charge in [0.15, 0.2) is 0 Å². The topological polar surface area (TPSA) is 66.4 Å². The third-order valence-corrected chi connectivity index (χ3v) is 7.84. The van der Waals surface area contributed by atoms with E-state index in [-0.39, 0.29) is 11.7 Å². The van der Waals surface area contributed by atoms with Crippen LogP contribution < -0.4 is 5.32 Å². The highest BCUT2D eigenvalue weighted by molar-refractivity contribution is 8.77. The SMILES string of the molecule is C=S(=O)(O)CCC[N+](C)(C)CCCNC(=O)CCC1CCSS1. The molecule has 23 heavy (non-hydrogen) atoms. The van der Waals surface area contributed by atoms with Crippen LogP contribution in [0.4, 0.5) is 0 Å². The van der Waals surface area contributed by atoms with Crippen LogP contribution >= 0.6 is 21.6 Å². The van der Waals surface area contributed by atoms with Crippen molar-refractivity contribution in [2.75, 3.05) is 45.2 Å². The van der Waals surface area contributed by atoms with Gasteiger partial charge in [0.05, 0.1) is 37.0 Å². The summed E-state index contributed by atoms with van der Waals surface area (Å²) < 4.78 is 21.1. The van der Waals surface area contributed by atoms with Gasteiger partial charge in [0.2, 0.25) is 5.91 Å². The number of nitrogens with one attached hydrogen (secondary N) is 1. The third kappa shape index (κ3) is 11.3. The zero-order valence-corrected chi connectivity index (χ0v) is 16.7. The van der Waals surface area contributed by atoms with Gasteiger partial charge in [-0.15, -0.1) is 0 Å². The largest absolute Gasteiger partial charge is 0.356 e. The first-order chi connectivity index (χ1) is 10.7. The standard InChI is InChI=1S/C15H30N2O3S3/c1-17(2,11-5-13-23(3,19)20)10-4-9-16-15(18)7-6-14-8-12-21-22-14/h14H,3-13H2,1-2H3,(H-,16,18,19,20)/p+1. The van der Waals surface area contributed by atoms with Crippen molar-refractivity contribution in [1.29, 1.82) is 0 Å². The van der Waals surface area contributed by atoms with Gasteiger partial charge < -0.3 is 14.4 Å². The molecule has 2 N–H and O–H groups in total. The van der Waals surface area contributed by atoms with E-state index in [1.54, 1.807) is 0 Å². The predicted molar refractivity (Wildman–Crippen MR) is 105 cm³/mol. The molecule has 2 unspecified atom stereocenters. The van der Waals surface area contributed by atoms with Gasteiger partial charge in [-0.2, -0.15) is 0 Å². The molecule has 5 nitrogen and oxygen atoms in total. The number of rotatable bonds is 11. The molecule has 1 fully saturated rings. The smallest absolute Gasteiger partial charge is 0.220 e. The number of quaternary nitrogens is 1. The molecule has 1 amide bonds. The minimum atomic E-state index is -2.87. The van der Waals surface area contributed by atoms with Crippen molar-refractivity contribution >= 4 is 43.2 Å². The quantitative estimate of drug-likeness (QED) is 0.247. The lowest BCUT2D eigenvalue weighted by Gasteiger charge is -2.30. The highest BCUT2D eigenvalue weighted by Gasteiger charge is 2.18. The molecule has 8 heteroatoms. The molecule has 1 aliphatic heterocycles. The van der Waals surface area contributed by atoms with Crippen molar-refractivity contribution in [1.82, 2.24) is 5.32 Å². The van der Waals surface area contributed by atoms with E-state index in [9.17, 15) is 13.6 Å². The molecule has 0 radical (unpaired) electrons. The molecule has 0 bridgehead atoms. The third-order valence-electron chi connectivity index (χ3n) is 3.91. The van der Waals surface area contributed by atoms with Crippen LogP contribution in [0, 0.1) is 0 Å². The van der Waals surface area contributed by atoms with Crippen molar-refractivity contribution < 1.29 is 18.0 Å². The van der Waals surface area contributed by atoms with E-state index in [2.05, 4.69) is 25.3 Å². The Hall–Kier alpha value is 0.110. The van der Waals surface area contributed by atoms with Gasteiger partial charge in [0.25, 0.3) is 0 Å². The van der Waals surface area contributed by atoms with Crippen molar-refractivity contribution in [3.8, 4) is 0 Å². The van der Waals surface area contributed by atoms with Crippen LogP contribution in [0.25, 0.3) is 0 Å². The second-order valence-corrected chi connectivity index (χ2v) is 11.5. The van der Waals surface area contributed by atoms with Crippen LogP contribution in [0.2, 0.25) is 0 Å². The molecule has 0 aromatic carbocycles. The summed E-state index contributed by atoms with van der Waals surface area (Å²) in [5.41, 5.74) is 0. The first kappa shape index (κ1) is 21.2. The van der Waals surface area contributed by atoms with Gasteiger partial charge in [-0.1, -0.05) is 21.6 Å². The Morgan fingerprint density at radius 3 is 2.70 bits per heavy atom. The number of nitrogens with zero attached hydrogens (tertiary/aromatic N) is 1. The summed E-state index contributed by atoms with van der Waals surface area (Å²) in [5.74, 6) is 4.88. The summed E-state index contributed by atoms with van der Waals surface area (Å²) in [4.78, 5) is 11.8. The fraction of sp³-hybridized carbons (Fsp3) is 0.867. The van der Waals surface area contributed by atoms with Gasteiger partial charge in [0.1, 0.15) is 0 Å². The second-order valence-electron chi connectivity index (χ2n) is 6.78. The Morgan fingerprint density at radius 1 is 1.39 bits per heavy atom.